The van der Waals surface area contributed by atoms with Crippen LogP contribution in [0.4, 0.5) is 13.2 Å². The maximum atomic E-state index is 12.7. The van der Waals surface area contributed by atoms with Gasteiger partial charge in [-0.2, -0.15) is 0 Å². The minimum atomic E-state index is -4.66. The third-order valence-corrected chi connectivity index (χ3v) is 6.81. The lowest BCUT2D eigenvalue weighted by atomic mass is 9.90. The Morgan fingerprint density at radius 3 is 2.37 bits per heavy atom. The van der Waals surface area contributed by atoms with Crippen LogP contribution in [0.25, 0.3) is 0 Å². The van der Waals surface area contributed by atoms with Crippen molar-refractivity contribution in [3.63, 3.8) is 0 Å². The van der Waals surface area contributed by atoms with Gasteiger partial charge in [-0.15, -0.1) is 13.2 Å². The number of benzene rings is 1. The van der Waals surface area contributed by atoms with Gasteiger partial charge < -0.3 is 25.2 Å². The van der Waals surface area contributed by atoms with Crippen LogP contribution in [0, 0.1) is 0 Å². The van der Waals surface area contributed by atoms with E-state index in [-0.39, 0.29) is 49.8 Å². The topological polar surface area (TPSA) is 106 Å². The zero-order valence-corrected chi connectivity index (χ0v) is 19.6. The molecule has 0 bridgehead atoms. The molecular weight excluding hydrogens is 493 g/mol. The monoisotopic (exact) mass is 520 g/mol. The molecule has 3 aliphatic rings. The van der Waals surface area contributed by atoms with Gasteiger partial charge in [-0.25, -0.2) is 0 Å². The van der Waals surface area contributed by atoms with Crippen molar-refractivity contribution < 1.29 is 42.1 Å². The number of hydrogen-bond donors (Lipinski definition) is 3. The molecule has 1 aromatic rings. The van der Waals surface area contributed by atoms with E-state index in [0.29, 0.717) is 42.0 Å². The first-order valence-electron chi connectivity index (χ1n) is 11.7. The number of rotatable bonds is 7. The Balaban J connectivity index is 1.12. The van der Waals surface area contributed by atoms with Gasteiger partial charge in [0, 0.05) is 41.9 Å². The summed E-state index contributed by atoms with van der Waals surface area (Å²) in [6, 6.07) is 4.77. The minimum Gasteiger partial charge on any atom is -0.480 e. The van der Waals surface area contributed by atoms with Crippen molar-refractivity contribution in [3.05, 3.63) is 28.8 Å². The third-order valence-electron chi connectivity index (χ3n) is 6.57. The van der Waals surface area contributed by atoms with Crippen molar-refractivity contribution in [3.8, 4) is 5.75 Å². The second-order valence-corrected chi connectivity index (χ2v) is 9.69. The molecule has 0 saturated heterocycles. The highest BCUT2D eigenvalue weighted by Crippen LogP contribution is 2.36. The fourth-order valence-corrected chi connectivity index (χ4v) is 4.84. The van der Waals surface area contributed by atoms with Crippen LogP contribution in [-0.2, 0) is 19.1 Å². The van der Waals surface area contributed by atoms with Crippen LogP contribution in [0.1, 0.15) is 56.6 Å². The largest absolute Gasteiger partial charge is 0.522 e. The number of amides is 2. The molecule has 3 N–H and O–H groups in total. The molecule has 2 fully saturated rings. The lowest BCUT2D eigenvalue weighted by Crippen LogP contribution is -2.49. The highest BCUT2D eigenvalue weighted by atomic mass is 35.5. The highest BCUT2D eigenvalue weighted by Gasteiger charge is 2.41. The summed E-state index contributed by atoms with van der Waals surface area (Å²) in [5.74, 6) is -0.174. The summed E-state index contributed by atoms with van der Waals surface area (Å²) in [7, 11) is 0. The van der Waals surface area contributed by atoms with E-state index < -0.39 is 30.8 Å². The molecule has 0 aromatic heterocycles. The molecule has 8 nitrogen and oxygen atoms in total. The van der Waals surface area contributed by atoms with Crippen molar-refractivity contribution in [1.82, 2.24) is 10.6 Å². The Kier molecular flexibility index (Phi) is 8.09. The van der Waals surface area contributed by atoms with Crippen molar-refractivity contribution in [2.45, 2.75) is 87.8 Å². The molecule has 1 heterocycles. The molecule has 1 aliphatic heterocycles. The van der Waals surface area contributed by atoms with E-state index in [1.807, 2.05) is 0 Å². The summed E-state index contributed by atoms with van der Waals surface area (Å²) in [5.41, 5.74) is 0.563. The number of nitrogens with one attached hydrogen (secondary N) is 2. The summed E-state index contributed by atoms with van der Waals surface area (Å²) in [4.78, 5) is 24.8. The second kappa shape index (κ2) is 10.9. The number of carbonyl (C=O) groups excluding carboxylic acids is 2. The third kappa shape index (κ3) is 7.22. The van der Waals surface area contributed by atoms with Gasteiger partial charge in [-0.1, -0.05) is 11.6 Å². The van der Waals surface area contributed by atoms with E-state index in [2.05, 4.69) is 15.4 Å². The average Bonchev–Trinajstić information content (AvgIpc) is 2.76. The number of halogens is 4. The normalized spacial score (nSPS) is 30.4. The summed E-state index contributed by atoms with van der Waals surface area (Å²) >= 11 is 5.96. The number of fused-ring (bicyclic) bond motifs is 1. The molecular formula is C23H28ClF3N2O6. The Hall–Kier alpha value is -2.08. The van der Waals surface area contributed by atoms with E-state index in [4.69, 9.17) is 21.1 Å². The molecule has 12 heteroatoms. The van der Waals surface area contributed by atoms with Crippen molar-refractivity contribution in [2.24, 2.45) is 0 Å². The summed E-state index contributed by atoms with van der Waals surface area (Å²) in [5, 5.41) is 16.7. The molecule has 0 spiro atoms. The van der Waals surface area contributed by atoms with Gasteiger partial charge in [0.1, 0.15) is 12.4 Å². The smallest absolute Gasteiger partial charge is 0.480 e. The zero-order chi connectivity index (χ0) is 25.2. The average molecular weight is 521 g/mol. The van der Waals surface area contributed by atoms with E-state index in [9.17, 15) is 27.9 Å². The van der Waals surface area contributed by atoms with Crippen LogP contribution >= 0.6 is 11.6 Å². The Morgan fingerprint density at radius 1 is 1.06 bits per heavy atom. The van der Waals surface area contributed by atoms with E-state index in [0.717, 1.165) is 0 Å². The number of hydrogen-bond acceptors (Lipinski definition) is 6. The molecule has 0 radical (unpaired) electrons. The lowest BCUT2D eigenvalue weighted by molar-refractivity contribution is -0.357. The predicted octanol–water partition coefficient (Wildman–Crippen LogP) is 3.15. The van der Waals surface area contributed by atoms with Gasteiger partial charge in [-0.05, 0) is 43.9 Å². The first-order valence-corrected chi connectivity index (χ1v) is 12.0. The van der Waals surface area contributed by atoms with Crippen molar-refractivity contribution in [1.29, 1.82) is 0 Å². The standard InChI is InChI=1S/C23H28ClF3N2O6/c24-12-1-6-19-17(7-12)18(30)10-20(34-19)22(32)29-14-4-2-13(3-5-14)28-21(31)11-33-15-8-16(9-15)35-23(25,26)27/h1,6-7,13-16,18,20,30H,2-5,8-11H2,(H,28,31)(H,29,32)/t13?,14?,15?,16?,18-,20-/m1/s1. The maximum Gasteiger partial charge on any atom is 0.522 e. The number of carbonyl (C=O) groups is 2. The molecule has 2 atom stereocenters. The van der Waals surface area contributed by atoms with Crippen LogP contribution in [-0.4, -0.2) is 60.3 Å². The number of aliphatic hydroxyl groups excluding tert-OH is 1. The molecule has 1 aromatic carbocycles. The van der Waals surface area contributed by atoms with Crippen molar-refractivity contribution >= 4 is 23.4 Å². The molecule has 194 valence electrons. The summed E-state index contributed by atoms with van der Waals surface area (Å²) in [6.07, 6.45) is -4.62. The predicted molar refractivity (Wildman–Crippen MR) is 118 cm³/mol. The quantitative estimate of drug-likeness (QED) is 0.510. The number of aliphatic hydroxyl groups is 1. The van der Waals surface area contributed by atoms with Gasteiger partial charge in [0.25, 0.3) is 5.91 Å². The van der Waals surface area contributed by atoms with Gasteiger partial charge in [0.05, 0.1) is 18.3 Å². The van der Waals surface area contributed by atoms with Crippen LogP contribution < -0.4 is 15.4 Å². The number of alkyl halides is 3. The fourth-order valence-electron chi connectivity index (χ4n) is 4.66. The Morgan fingerprint density at radius 2 is 1.71 bits per heavy atom. The number of ether oxygens (including phenoxy) is 3. The van der Waals surface area contributed by atoms with E-state index in [1.54, 1.807) is 18.2 Å². The second-order valence-electron chi connectivity index (χ2n) is 9.25. The van der Waals surface area contributed by atoms with Gasteiger partial charge in [0.15, 0.2) is 6.10 Å². The maximum absolute atomic E-state index is 12.7. The highest BCUT2D eigenvalue weighted by molar-refractivity contribution is 6.30. The van der Waals surface area contributed by atoms with Crippen LogP contribution in [0.3, 0.4) is 0 Å². The fraction of sp³-hybridized carbons (Fsp3) is 0.652. The molecule has 35 heavy (non-hydrogen) atoms. The van der Waals surface area contributed by atoms with Gasteiger partial charge in [-0.3, -0.25) is 14.3 Å². The summed E-state index contributed by atoms with van der Waals surface area (Å²) < 4.78 is 51.4. The van der Waals surface area contributed by atoms with E-state index in [1.165, 1.54) is 0 Å². The Bertz CT molecular complexity index is 919. The SMILES string of the molecule is O=C(COC1CC(OC(F)(F)F)C1)NC1CCC(NC(=O)[C@H]2C[C@@H](O)c3cc(Cl)ccc3O2)CC1. The first-order chi connectivity index (χ1) is 16.6. The zero-order valence-electron chi connectivity index (χ0n) is 18.9. The van der Waals surface area contributed by atoms with Crippen LogP contribution in [0.15, 0.2) is 18.2 Å². The summed E-state index contributed by atoms with van der Waals surface area (Å²) in [6.45, 7) is -0.214. The van der Waals surface area contributed by atoms with Crippen LogP contribution in [0.5, 0.6) is 5.75 Å². The lowest BCUT2D eigenvalue weighted by Gasteiger charge is -2.35. The van der Waals surface area contributed by atoms with Gasteiger partial charge in [0.2, 0.25) is 5.91 Å². The Labute approximate surface area is 205 Å². The molecule has 0 unspecified atom stereocenters. The van der Waals surface area contributed by atoms with Gasteiger partial charge >= 0.3 is 6.36 Å². The first kappa shape index (κ1) is 26.0. The van der Waals surface area contributed by atoms with Crippen LogP contribution in [0.2, 0.25) is 5.02 Å². The molecule has 4 rings (SSSR count). The molecule has 2 saturated carbocycles. The minimum absolute atomic E-state index is 0.0636. The molecule has 2 aliphatic carbocycles. The van der Waals surface area contributed by atoms with E-state index >= 15 is 0 Å². The molecule has 2 amide bonds. The van der Waals surface area contributed by atoms with Crippen molar-refractivity contribution in [2.75, 3.05) is 6.61 Å².